The van der Waals surface area contributed by atoms with E-state index in [9.17, 15) is 4.79 Å². The van der Waals surface area contributed by atoms with E-state index in [1.54, 1.807) is 24.3 Å². The summed E-state index contributed by atoms with van der Waals surface area (Å²) in [6.45, 7) is 2.25. The molecule has 1 aliphatic rings. The van der Waals surface area contributed by atoms with Crippen molar-refractivity contribution in [2.24, 2.45) is 0 Å². The fourth-order valence-electron chi connectivity index (χ4n) is 2.51. The molecule has 0 aliphatic carbocycles. The highest BCUT2D eigenvalue weighted by atomic mass is 35.5. The maximum atomic E-state index is 11.8. The summed E-state index contributed by atoms with van der Waals surface area (Å²) in [5, 5.41) is 3.39. The van der Waals surface area contributed by atoms with Gasteiger partial charge in [-0.15, -0.1) is 0 Å². The van der Waals surface area contributed by atoms with Gasteiger partial charge < -0.3 is 10.1 Å². The molecule has 0 fully saturated rings. The molecule has 1 N–H and O–H groups in total. The van der Waals surface area contributed by atoms with Gasteiger partial charge in [-0.1, -0.05) is 35.9 Å². The highest BCUT2D eigenvalue weighted by Crippen LogP contribution is 2.18. The number of hydrogen-bond acceptors (Lipinski definition) is 3. The SMILES string of the molecule is O=C(NCN1CCc2ccccc2C1)Oc1ccc(Cl)cc1. The van der Waals surface area contributed by atoms with Gasteiger partial charge in [0.25, 0.3) is 0 Å². The van der Waals surface area contributed by atoms with Gasteiger partial charge in [-0.05, 0) is 41.8 Å². The zero-order chi connectivity index (χ0) is 15.4. The van der Waals surface area contributed by atoms with E-state index in [1.165, 1.54) is 11.1 Å². The van der Waals surface area contributed by atoms with Crippen molar-refractivity contribution < 1.29 is 9.53 Å². The van der Waals surface area contributed by atoms with E-state index in [2.05, 4.69) is 28.4 Å². The average molecular weight is 317 g/mol. The molecule has 0 saturated heterocycles. The highest BCUT2D eigenvalue weighted by Gasteiger charge is 2.16. The summed E-state index contributed by atoms with van der Waals surface area (Å²) in [5.41, 5.74) is 2.71. The minimum atomic E-state index is -0.457. The summed E-state index contributed by atoms with van der Waals surface area (Å²) in [4.78, 5) is 14.0. The maximum absolute atomic E-state index is 11.8. The maximum Gasteiger partial charge on any atom is 0.413 e. The lowest BCUT2D eigenvalue weighted by Gasteiger charge is -2.28. The van der Waals surface area contributed by atoms with Gasteiger partial charge in [0.15, 0.2) is 0 Å². The number of halogens is 1. The van der Waals surface area contributed by atoms with Crippen LogP contribution in [0.25, 0.3) is 0 Å². The molecule has 0 aromatic heterocycles. The van der Waals surface area contributed by atoms with Crippen LogP contribution in [0.2, 0.25) is 5.02 Å². The average Bonchev–Trinajstić information content (AvgIpc) is 2.55. The second kappa shape index (κ2) is 6.81. The summed E-state index contributed by atoms with van der Waals surface area (Å²) in [6, 6.07) is 15.1. The Hall–Kier alpha value is -2.04. The smallest absolute Gasteiger partial charge is 0.410 e. The van der Waals surface area contributed by atoms with E-state index >= 15 is 0 Å². The molecule has 0 unspecified atom stereocenters. The molecule has 4 nitrogen and oxygen atoms in total. The van der Waals surface area contributed by atoms with Crippen molar-refractivity contribution >= 4 is 17.7 Å². The molecule has 0 radical (unpaired) electrons. The number of carbonyl (C=O) groups is 1. The summed E-state index contributed by atoms with van der Waals surface area (Å²) >= 11 is 5.79. The van der Waals surface area contributed by atoms with E-state index in [1.807, 2.05) is 6.07 Å². The molecular weight excluding hydrogens is 300 g/mol. The molecule has 0 spiro atoms. The topological polar surface area (TPSA) is 41.6 Å². The van der Waals surface area contributed by atoms with Crippen LogP contribution in [-0.2, 0) is 13.0 Å². The standard InChI is InChI=1S/C17H17ClN2O2/c18-15-5-7-16(8-6-15)22-17(21)19-12-20-10-9-13-3-1-2-4-14(13)11-20/h1-8H,9-12H2,(H,19,21). The highest BCUT2D eigenvalue weighted by molar-refractivity contribution is 6.30. The summed E-state index contributed by atoms with van der Waals surface area (Å²) in [7, 11) is 0. The molecule has 2 aromatic carbocycles. The molecule has 1 heterocycles. The van der Waals surface area contributed by atoms with Gasteiger partial charge in [-0.25, -0.2) is 4.79 Å². The van der Waals surface area contributed by atoms with E-state index in [-0.39, 0.29) is 0 Å². The van der Waals surface area contributed by atoms with Gasteiger partial charge in [0.2, 0.25) is 0 Å². The Labute approximate surface area is 134 Å². The first-order valence-electron chi connectivity index (χ1n) is 7.21. The number of carbonyl (C=O) groups excluding carboxylic acids is 1. The third kappa shape index (κ3) is 3.78. The van der Waals surface area contributed by atoms with Crippen LogP contribution < -0.4 is 10.1 Å². The Bertz CT molecular complexity index is 658. The molecule has 5 heteroatoms. The van der Waals surface area contributed by atoms with Crippen molar-refractivity contribution in [2.45, 2.75) is 13.0 Å². The number of rotatable bonds is 3. The van der Waals surface area contributed by atoms with Gasteiger partial charge in [-0.2, -0.15) is 0 Å². The predicted octanol–water partition coefficient (Wildman–Crippen LogP) is 3.44. The van der Waals surface area contributed by atoms with Crippen molar-refractivity contribution in [1.29, 1.82) is 0 Å². The number of amides is 1. The summed E-state index contributed by atoms with van der Waals surface area (Å²) in [6.07, 6.45) is 0.547. The third-order valence-electron chi connectivity index (χ3n) is 3.68. The Morgan fingerprint density at radius 2 is 1.86 bits per heavy atom. The van der Waals surface area contributed by atoms with Crippen LogP contribution in [0, 0.1) is 0 Å². The molecule has 1 aliphatic heterocycles. The van der Waals surface area contributed by atoms with Crippen LogP contribution in [0.1, 0.15) is 11.1 Å². The van der Waals surface area contributed by atoms with Crippen LogP contribution >= 0.6 is 11.6 Å². The van der Waals surface area contributed by atoms with Gasteiger partial charge in [0, 0.05) is 18.1 Å². The van der Waals surface area contributed by atoms with Crippen LogP contribution in [0.3, 0.4) is 0 Å². The van der Waals surface area contributed by atoms with Crippen LogP contribution in [0.15, 0.2) is 48.5 Å². The molecule has 1 amide bonds. The summed E-state index contributed by atoms with van der Waals surface area (Å²) in [5.74, 6) is 0.478. The number of nitrogens with one attached hydrogen (secondary N) is 1. The molecule has 0 atom stereocenters. The van der Waals surface area contributed by atoms with Gasteiger partial charge in [0.1, 0.15) is 5.75 Å². The minimum Gasteiger partial charge on any atom is -0.410 e. The van der Waals surface area contributed by atoms with E-state index in [4.69, 9.17) is 16.3 Å². The van der Waals surface area contributed by atoms with Crippen LogP contribution in [-0.4, -0.2) is 24.2 Å². The minimum absolute atomic E-state index is 0.457. The first kappa shape index (κ1) is 14.9. The molecule has 3 rings (SSSR count). The Morgan fingerprint density at radius 1 is 1.14 bits per heavy atom. The van der Waals surface area contributed by atoms with Crippen molar-refractivity contribution in [3.63, 3.8) is 0 Å². The zero-order valence-corrected chi connectivity index (χ0v) is 12.8. The first-order valence-corrected chi connectivity index (χ1v) is 7.59. The zero-order valence-electron chi connectivity index (χ0n) is 12.1. The Balaban J connectivity index is 1.49. The van der Waals surface area contributed by atoms with Gasteiger partial charge in [0.05, 0.1) is 6.67 Å². The Morgan fingerprint density at radius 3 is 2.64 bits per heavy atom. The van der Waals surface area contributed by atoms with Crippen LogP contribution in [0.5, 0.6) is 5.75 Å². The molecule has 0 saturated carbocycles. The lowest BCUT2D eigenvalue weighted by molar-refractivity contribution is 0.181. The van der Waals surface area contributed by atoms with E-state index < -0.39 is 6.09 Å². The Kier molecular flexibility index (Phi) is 4.61. The number of fused-ring (bicyclic) bond motifs is 1. The predicted molar refractivity (Wildman–Crippen MR) is 86.0 cm³/mol. The second-order valence-electron chi connectivity index (χ2n) is 5.25. The van der Waals surface area contributed by atoms with Gasteiger partial charge >= 0.3 is 6.09 Å². The summed E-state index contributed by atoms with van der Waals surface area (Å²) < 4.78 is 5.19. The quantitative estimate of drug-likeness (QED) is 0.943. The first-order chi connectivity index (χ1) is 10.7. The number of benzene rings is 2. The largest absolute Gasteiger partial charge is 0.413 e. The van der Waals surface area contributed by atoms with Crippen LogP contribution in [0.4, 0.5) is 4.79 Å². The van der Waals surface area contributed by atoms with Crippen molar-refractivity contribution in [3.8, 4) is 5.75 Å². The monoisotopic (exact) mass is 316 g/mol. The molecule has 2 aromatic rings. The van der Waals surface area contributed by atoms with Crippen molar-refractivity contribution in [1.82, 2.24) is 10.2 Å². The van der Waals surface area contributed by atoms with Gasteiger partial charge in [-0.3, -0.25) is 4.90 Å². The lowest BCUT2D eigenvalue weighted by atomic mass is 10.0. The molecular formula is C17H17ClN2O2. The molecule has 22 heavy (non-hydrogen) atoms. The fraction of sp³-hybridized carbons (Fsp3) is 0.235. The van der Waals surface area contributed by atoms with E-state index in [0.29, 0.717) is 17.4 Å². The fourth-order valence-corrected chi connectivity index (χ4v) is 2.64. The number of hydrogen-bond donors (Lipinski definition) is 1. The third-order valence-corrected chi connectivity index (χ3v) is 3.93. The molecule has 0 bridgehead atoms. The second-order valence-corrected chi connectivity index (χ2v) is 5.69. The number of ether oxygens (including phenoxy) is 1. The van der Waals surface area contributed by atoms with E-state index in [0.717, 1.165) is 19.5 Å². The van der Waals surface area contributed by atoms with Crippen molar-refractivity contribution in [3.05, 3.63) is 64.7 Å². The molecule has 114 valence electrons. The lowest BCUT2D eigenvalue weighted by Crippen LogP contribution is -2.41. The van der Waals surface area contributed by atoms with Crippen molar-refractivity contribution in [2.75, 3.05) is 13.2 Å². The number of nitrogens with zero attached hydrogens (tertiary/aromatic N) is 1. The normalized spacial score (nSPS) is 14.2.